The van der Waals surface area contributed by atoms with Crippen molar-refractivity contribution < 1.29 is 9.84 Å². The van der Waals surface area contributed by atoms with Crippen LogP contribution in [0, 0.1) is 0 Å². The molecule has 2 aliphatic heterocycles. The molecule has 4 heteroatoms. The number of ether oxygens (including phenoxy) is 1. The lowest BCUT2D eigenvalue weighted by Gasteiger charge is -2.42. The first-order valence-electron chi connectivity index (χ1n) is 9.01. The molecule has 1 aromatic carbocycles. The number of piperidine rings is 1. The lowest BCUT2D eigenvalue weighted by molar-refractivity contribution is -0.0509. The van der Waals surface area contributed by atoms with Gasteiger partial charge in [0, 0.05) is 25.7 Å². The number of aliphatic hydroxyl groups is 1. The minimum Gasteiger partial charge on any atom is -0.492 e. The van der Waals surface area contributed by atoms with Crippen molar-refractivity contribution in [3.63, 3.8) is 0 Å². The van der Waals surface area contributed by atoms with Crippen LogP contribution in [0.2, 0.25) is 0 Å². The molecule has 128 valence electrons. The molecule has 2 heterocycles. The summed E-state index contributed by atoms with van der Waals surface area (Å²) in [7, 11) is 0. The van der Waals surface area contributed by atoms with Gasteiger partial charge in [0.2, 0.25) is 0 Å². The fourth-order valence-electron chi connectivity index (χ4n) is 3.74. The van der Waals surface area contributed by atoms with Crippen molar-refractivity contribution in [2.45, 2.75) is 44.2 Å². The van der Waals surface area contributed by atoms with Crippen molar-refractivity contribution in [3.05, 3.63) is 30.3 Å². The molecule has 0 bridgehead atoms. The monoisotopic (exact) mass is 318 g/mol. The molecule has 0 aromatic heterocycles. The Balaban J connectivity index is 1.42. The molecule has 2 saturated heterocycles. The summed E-state index contributed by atoms with van der Waals surface area (Å²) in [5.41, 5.74) is -0.485. The van der Waals surface area contributed by atoms with E-state index in [0.717, 1.165) is 51.3 Å². The predicted molar refractivity (Wildman–Crippen MR) is 92.8 cm³/mol. The first-order chi connectivity index (χ1) is 11.1. The summed E-state index contributed by atoms with van der Waals surface area (Å²) in [4.78, 5) is 4.87. The molecule has 1 atom stereocenters. The van der Waals surface area contributed by atoms with E-state index in [-0.39, 0.29) is 0 Å². The second-order valence-corrected chi connectivity index (χ2v) is 7.22. The molecule has 1 unspecified atom stereocenters. The fourth-order valence-corrected chi connectivity index (χ4v) is 3.74. The van der Waals surface area contributed by atoms with Gasteiger partial charge in [-0.1, -0.05) is 18.2 Å². The number of nitrogens with zero attached hydrogens (tertiary/aromatic N) is 2. The molecule has 4 nitrogen and oxygen atoms in total. The van der Waals surface area contributed by atoms with Crippen LogP contribution in [0.1, 0.15) is 32.6 Å². The van der Waals surface area contributed by atoms with Crippen molar-refractivity contribution in [2.24, 2.45) is 0 Å². The highest BCUT2D eigenvalue weighted by atomic mass is 16.5. The van der Waals surface area contributed by atoms with Gasteiger partial charge in [0.15, 0.2) is 0 Å². The number of benzene rings is 1. The SMILES string of the molecule is CC(COc1ccccc1)N1CCC(O)(CN2CCCC2)CC1. The Morgan fingerprint density at radius 3 is 2.39 bits per heavy atom. The van der Waals surface area contributed by atoms with E-state index < -0.39 is 5.60 Å². The van der Waals surface area contributed by atoms with Crippen LogP contribution in [-0.2, 0) is 0 Å². The van der Waals surface area contributed by atoms with Crippen LogP contribution in [0.15, 0.2) is 30.3 Å². The van der Waals surface area contributed by atoms with Crippen LogP contribution < -0.4 is 4.74 Å². The van der Waals surface area contributed by atoms with Crippen LogP contribution >= 0.6 is 0 Å². The third kappa shape index (κ3) is 4.69. The second-order valence-electron chi connectivity index (χ2n) is 7.22. The van der Waals surface area contributed by atoms with Crippen LogP contribution in [0.5, 0.6) is 5.75 Å². The normalized spacial score (nSPS) is 23.7. The fraction of sp³-hybridized carbons (Fsp3) is 0.684. The first-order valence-corrected chi connectivity index (χ1v) is 9.01. The number of β-amino-alcohol motifs (C(OH)–C–C–N with tert-alkyl or cyclic N) is 1. The minimum absolute atomic E-state index is 0.381. The molecular weight excluding hydrogens is 288 g/mol. The standard InChI is InChI=1S/C19H30N2O2/c1-17(15-23-18-7-3-2-4-8-18)21-13-9-19(22,10-14-21)16-20-11-5-6-12-20/h2-4,7-8,17,22H,5-6,9-16H2,1H3. The molecule has 2 aliphatic rings. The number of likely N-dealkylation sites (tertiary alicyclic amines) is 2. The third-order valence-electron chi connectivity index (χ3n) is 5.30. The lowest BCUT2D eigenvalue weighted by Crippen LogP contribution is -2.53. The van der Waals surface area contributed by atoms with Gasteiger partial charge in [-0.05, 0) is 57.8 Å². The number of hydrogen-bond acceptors (Lipinski definition) is 4. The summed E-state index contributed by atoms with van der Waals surface area (Å²) in [6.45, 7) is 8.02. The molecule has 0 spiro atoms. The van der Waals surface area contributed by atoms with Crippen molar-refractivity contribution in [2.75, 3.05) is 39.3 Å². The van der Waals surface area contributed by atoms with E-state index in [1.54, 1.807) is 0 Å². The molecule has 0 amide bonds. The van der Waals surface area contributed by atoms with Gasteiger partial charge < -0.3 is 14.7 Å². The maximum Gasteiger partial charge on any atom is 0.119 e. The van der Waals surface area contributed by atoms with Gasteiger partial charge in [0.25, 0.3) is 0 Å². The van der Waals surface area contributed by atoms with E-state index in [0.29, 0.717) is 12.6 Å². The largest absolute Gasteiger partial charge is 0.492 e. The Hall–Kier alpha value is -1.10. The number of para-hydroxylation sites is 1. The maximum atomic E-state index is 10.8. The highest BCUT2D eigenvalue weighted by molar-refractivity contribution is 5.20. The predicted octanol–water partition coefficient (Wildman–Crippen LogP) is 2.38. The molecule has 1 N–H and O–H groups in total. The Morgan fingerprint density at radius 2 is 1.74 bits per heavy atom. The molecule has 2 fully saturated rings. The highest BCUT2D eigenvalue weighted by Gasteiger charge is 2.35. The van der Waals surface area contributed by atoms with Gasteiger partial charge >= 0.3 is 0 Å². The van der Waals surface area contributed by atoms with Gasteiger partial charge in [-0.2, -0.15) is 0 Å². The maximum absolute atomic E-state index is 10.8. The van der Waals surface area contributed by atoms with Gasteiger partial charge in [0.1, 0.15) is 12.4 Å². The number of rotatable bonds is 6. The summed E-state index contributed by atoms with van der Waals surface area (Å²) >= 11 is 0. The van der Waals surface area contributed by atoms with E-state index in [2.05, 4.69) is 16.7 Å². The molecule has 0 saturated carbocycles. The smallest absolute Gasteiger partial charge is 0.119 e. The van der Waals surface area contributed by atoms with E-state index in [1.807, 2.05) is 30.3 Å². The molecular formula is C19H30N2O2. The van der Waals surface area contributed by atoms with Gasteiger partial charge in [-0.3, -0.25) is 4.90 Å². The van der Waals surface area contributed by atoms with Gasteiger partial charge in [-0.25, -0.2) is 0 Å². The summed E-state index contributed by atoms with van der Waals surface area (Å²) in [5, 5.41) is 10.8. The summed E-state index contributed by atoms with van der Waals surface area (Å²) in [6, 6.07) is 10.4. The van der Waals surface area contributed by atoms with Gasteiger partial charge in [-0.15, -0.1) is 0 Å². The molecule has 1 aromatic rings. The summed E-state index contributed by atoms with van der Waals surface area (Å²) in [5.74, 6) is 0.932. The van der Waals surface area contributed by atoms with Crippen molar-refractivity contribution in [3.8, 4) is 5.75 Å². The molecule has 0 radical (unpaired) electrons. The average molecular weight is 318 g/mol. The zero-order valence-electron chi connectivity index (χ0n) is 14.3. The van der Waals surface area contributed by atoms with E-state index in [9.17, 15) is 5.11 Å². The van der Waals surface area contributed by atoms with Crippen molar-refractivity contribution in [1.82, 2.24) is 9.80 Å². The number of hydrogen-bond donors (Lipinski definition) is 1. The second kappa shape index (κ2) is 7.65. The zero-order chi connectivity index (χ0) is 16.1. The highest BCUT2D eigenvalue weighted by Crippen LogP contribution is 2.26. The first kappa shape index (κ1) is 16.7. The third-order valence-corrected chi connectivity index (χ3v) is 5.30. The quantitative estimate of drug-likeness (QED) is 0.873. The van der Waals surface area contributed by atoms with Crippen LogP contribution in [0.25, 0.3) is 0 Å². The lowest BCUT2D eigenvalue weighted by atomic mass is 9.90. The van der Waals surface area contributed by atoms with Gasteiger partial charge in [0.05, 0.1) is 5.60 Å². The Kier molecular flexibility index (Phi) is 5.57. The van der Waals surface area contributed by atoms with Crippen LogP contribution in [-0.4, -0.2) is 65.9 Å². The summed E-state index contributed by atoms with van der Waals surface area (Å²) in [6.07, 6.45) is 4.32. The molecule has 0 aliphatic carbocycles. The topological polar surface area (TPSA) is 35.9 Å². The van der Waals surface area contributed by atoms with Crippen LogP contribution in [0.4, 0.5) is 0 Å². The zero-order valence-corrected chi connectivity index (χ0v) is 14.3. The van der Waals surface area contributed by atoms with Crippen molar-refractivity contribution in [1.29, 1.82) is 0 Å². The Bertz CT molecular complexity index is 466. The Morgan fingerprint density at radius 1 is 1.09 bits per heavy atom. The molecule has 3 rings (SSSR count). The van der Waals surface area contributed by atoms with E-state index >= 15 is 0 Å². The van der Waals surface area contributed by atoms with E-state index in [4.69, 9.17) is 4.74 Å². The van der Waals surface area contributed by atoms with Crippen molar-refractivity contribution >= 4 is 0 Å². The summed E-state index contributed by atoms with van der Waals surface area (Å²) < 4.78 is 5.87. The molecule has 23 heavy (non-hydrogen) atoms. The van der Waals surface area contributed by atoms with Crippen LogP contribution in [0.3, 0.4) is 0 Å². The Labute approximate surface area is 140 Å². The average Bonchev–Trinajstić information content (AvgIpc) is 3.06. The van der Waals surface area contributed by atoms with E-state index in [1.165, 1.54) is 12.8 Å². The minimum atomic E-state index is -0.485.